The third kappa shape index (κ3) is 1.31. The molecule has 0 saturated carbocycles. The van der Waals surface area contributed by atoms with E-state index in [0.29, 0.717) is 0 Å². The van der Waals surface area contributed by atoms with E-state index in [-0.39, 0.29) is 11.8 Å². The fourth-order valence-corrected chi connectivity index (χ4v) is 1.47. The normalized spacial score (nSPS) is 13.0. The van der Waals surface area contributed by atoms with Crippen LogP contribution in [0.2, 0.25) is 0 Å². The van der Waals surface area contributed by atoms with Gasteiger partial charge in [-0.3, -0.25) is 9.48 Å². The molecule has 0 fully saturated rings. The molecule has 1 aromatic carbocycles. The summed E-state index contributed by atoms with van der Waals surface area (Å²) >= 11 is 0. The molecule has 0 saturated heterocycles. The molecule has 0 aliphatic heterocycles. The summed E-state index contributed by atoms with van der Waals surface area (Å²) in [6.45, 7) is 3.45. The van der Waals surface area contributed by atoms with Gasteiger partial charge in [-0.05, 0) is 19.9 Å². The van der Waals surface area contributed by atoms with E-state index in [1.807, 2.05) is 31.2 Å². The summed E-state index contributed by atoms with van der Waals surface area (Å²) in [7, 11) is 0. The van der Waals surface area contributed by atoms with Crippen molar-refractivity contribution in [2.75, 3.05) is 0 Å². The van der Waals surface area contributed by atoms with E-state index in [0.717, 1.165) is 10.9 Å². The van der Waals surface area contributed by atoms with Crippen LogP contribution in [0.3, 0.4) is 0 Å². The number of para-hydroxylation sites is 1. The van der Waals surface area contributed by atoms with E-state index in [1.54, 1.807) is 17.8 Å². The molecule has 1 atom stereocenters. The van der Waals surface area contributed by atoms with Crippen molar-refractivity contribution >= 4 is 16.7 Å². The van der Waals surface area contributed by atoms with E-state index in [2.05, 4.69) is 5.10 Å². The number of nitrogens with zero attached hydrogens (tertiary/aromatic N) is 2. The Morgan fingerprint density at radius 3 is 2.86 bits per heavy atom. The molecule has 1 aromatic heterocycles. The number of carbonyl (C=O) groups is 1. The molecule has 0 bridgehead atoms. The Labute approximate surface area is 82.3 Å². The molecule has 0 spiro atoms. The summed E-state index contributed by atoms with van der Waals surface area (Å²) in [6, 6.07) is 7.70. The monoisotopic (exact) mass is 188 g/mol. The van der Waals surface area contributed by atoms with Gasteiger partial charge in [0.1, 0.15) is 6.04 Å². The van der Waals surface area contributed by atoms with Gasteiger partial charge in [0.25, 0.3) is 0 Å². The largest absolute Gasteiger partial charge is 0.298 e. The van der Waals surface area contributed by atoms with E-state index in [9.17, 15) is 4.79 Å². The van der Waals surface area contributed by atoms with Crippen LogP contribution < -0.4 is 0 Å². The van der Waals surface area contributed by atoms with Crippen molar-refractivity contribution in [1.82, 2.24) is 9.78 Å². The zero-order valence-corrected chi connectivity index (χ0v) is 8.27. The number of ketones is 1. The molecule has 72 valence electrons. The Kier molecular flexibility index (Phi) is 2.08. The smallest absolute Gasteiger partial charge is 0.154 e. The standard InChI is InChI=1S/C11H12N2O/c1-8(9(2)14)13-11-6-4-3-5-10(11)7-12-13/h3-8H,1-2H3. The average molecular weight is 188 g/mol. The van der Waals surface area contributed by atoms with E-state index in [1.165, 1.54) is 0 Å². The highest BCUT2D eigenvalue weighted by atomic mass is 16.1. The number of carbonyl (C=O) groups excluding carboxylic acids is 1. The number of aromatic nitrogens is 2. The first-order valence-corrected chi connectivity index (χ1v) is 4.63. The lowest BCUT2D eigenvalue weighted by atomic mass is 10.2. The second-order valence-corrected chi connectivity index (χ2v) is 3.43. The van der Waals surface area contributed by atoms with Gasteiger partial charge in [0, 0.05) is 5.39 Å². The van der Waals surface area contributed by atoms with Gasteiger partial charge in [0.05, 0.1) is 11.7 Å². The maximum Gasteiger partial charge on any atom is 0.154 e. The van der Waals surface area contributed by atoms with Gasteiger partial charge in [-0.25, -0.2) is 0 Å². The average Bonchev–Trinajstić information content (AvgIpc) is 2.60. The zero-order valence-electron chi connectivity index (χ0n) is 8.27. The Hall–Kier alpha value is -1.64. The molecule has 3 heteroatoms. The number of hydrogen-bond donors (Lipinski definition) is 0. The second kappa shape index (κ2) is 3.25. The van der Waals surface area contributed by atoms with Gasteiger partial charge in [-0.2, -0.15) is 5.10 Å². The Bertz CT molecular complexity index is 473. The van der Waals surface area contributed by atoms with Crippen molar-refractivity contribution < 1.29 is 4.79 Å². The van der Waals surface area contributed by atoms with Crippen LogP contribution in [0.1, 0.15) is 19.9 Å². The first-order valence-electron chi connectivity index (χ1n) is 4.63. The topological polar surface area (TPSA) is 34.9 Å². The Balaban J connectivity index is 2.58. The SMILES string of the molecule is CC(=O)C(C)n1ncc2ccccc21. The zero-order chi connectivity index (χ0) is 10.1. The number of hydrogen-bond acceptors (Lipinski definition) is 2. The quantitative estimate of drug-likeness (QED) is 0.724. The van der Waals surface area contributed by atoms with Crippen molar-refractivity contribution in [3.63, 3.8) is 0 Å². The summed E-state index contributed by atoms with van der Waals surface area (Å²) < 4.78 is 1.76. The van der Waals surface area contributed by atoms with Crippen molar-refractivity contribution in [3.05, 3.63) is 30.5 Å². The predicted molar refractivity (Wildman–Crippen MR) is 55.1 cm³/mol. The molecule has 0 aliphatic rings. The van der Waals surface area contributed by atoms with Crippen LogP contribution in [0.5, 0.6) is 0 Å². The van der Waals surface area contributed by atoms with Gasteiger partial charge < -0.3 is 0 Å². The molecule has 2 aromatic rings. The fourth-order valence-electron chi connectivity index (χ4n) is 1.47. The summed E-state index contributed by atoms with van der Waals surface area (Å²) in [6.07, 6.45) is 1.79. The molecule has 1 heterocycles. The molecule has 0 N–H and O–H groups in total. The first kappa shape index (κ1) is 8.94. The lowest BCUT2D eigenvalue weighted by molar-refractivity contribution is -0.119. The number of fused-ring (bicyclic) bond motifs is 1. The van der Waals surface area contributed by atoms with Crippen LogP contribution >= 0.6 is 0 Å². The Morgan fingerprint density at radius 2 is 2.14 bits per heavy atom. The molecule has 0 aliphatic carbocycles. The van der Waals surface area contributed by atoms with Gasteiger partial charge in [0.2, 0.25) is 0 Å². The minimum absolute atomic E-state index is 0.124. The number of benzene rings is 1. The summed E-state index contributed by atoms with van der Waals surface area (Å²) in [4.78, 5) is 11.2. The lowest BCUT2D eigenvalue weighted by Crippen LogP contribution is -2.14. The number of Topliss-reactive ketones (excluding diaryl/α,β-unsaturated/α-hetero) is 1. The first-order chi connectivity index (χ1) is 6.70. The summed E-state index contributed by atoms with van der Waals surface area (Å²) in [5.74, 6) is 0.124. The number of rotatable bonds is 2. The highest BCUT2D eigenvalue weighted by Crippen LogP contribution is 2.17. The van der Waals surface area contributed by atoms with Gasteiger partial charge in [-0.15, -0.1) is 0 Å². The fraction of sp³-hybridized carbons (Fsp3) is 0.273. The molecule has 0 radical (unpaired) electrons. The van der Waals surface area contributed by atoms with Crippen LogP contribution in [-0.2, 0) is 4.79 Å². The molecular formula is C11H12N2O. The molecule has 2 rings (SSSR count). The van der Waals surface area contributed by atoms with E-state index in [4.69, 9.17) is 0 Å². The van der Waals surface area contributed by atoms with Crippen LogP contribution in [0.4, 0.5) is 0 Å². The predicted octanol–water partition coefficient (Wildman–Crippen LogP) is 2.19. The summed E-state index contributed by atoms with van der Waals surface area (Å²) in [5.41, 5.74) is 1.01. The third-order valence-electron chi connectivity index (χ3n) is 2.46. The van der Waals surface area contributed by atoms with Crippen molar-refractivity contribution in [2.45, 2.75) is 19.9 Å². The van der Waals surface area contributed by atoms with Crippen molar-refractivity contribution in [2.24, 2.45) is 0 Å². The molecule has 0 amide bonds. The molecule has 1 unspecified atom stereocenters. The van der Waals surface area contributed by atoms with Crippen LogP contribution in [0.25, 0.3) is 10.9 Å². The molecule has 14 heavy (non-hydrogen) atoms. The maximum atomic E-state index is 11.2. The molecule has 3 nitrogen and oxygen atoms in total. The van der Waals surface area contributed by atoms with E-state index >= 15 is 0 Å². The molecular weight excluding hydrogens is 176 g/mol. The maximum absolute atomic E-state index is 11.2. The van der Waals surface area contributed by atoms with Crippen LogP contribution in [0.15, 0.2) is 30.5 Å². The minimum Gasteiger partial charge on any atom is -0.298 e. The minimum atomic E-state index is -0.185. The van der Waals surface area contributed by atoms with Gasteiger partial charge in [0.15, 0.2) is 5.78 Å². The highest BCUT2D eigenvalue weighted by molar-refractivity contribution is 5.84. The van der Waals surface area contributed by atoms with Crippen molar-refractivity contribution in [1.29, 1.82) is 0 Å². The van der Waals surface area contributed by atoms with Crippen molar-refractivity contribution in [3.8, 4) is 0 Å². The van der Waals surface area contributed by atoms with Crippen LogP contribution in [0, 0.1) is 0 Å². The lowest BCUT2D eigenvalue weighted by Gasteiger charge is -2.09. The van der Waals surface area contributed by atoms with Gasteiger partial charge >= 0.3 is 0 Å². The third-order valence-corrected chi connectivity index (χ3v) is 2.46. The van der Waals surface area contributed by atoms with Crippen LogP contribution in [-0.4, -0.2) is 15.6 Å². The second-order valence-electron chi connectivity index (χ2n) is 3.43. The Morgan fingerprint density at radius 1 is 1.43 bits per heavy atom. The summed E-state index contributed by atoms with van der Waals surface area (Å²) in [5, 5.41) is 5.28. The van der Waals surface area contributed by atoms with E-state index < -0.39 is 0 Å². The highest BCUT2D eigenvalue weighted by Gasteiger charge is 2.12. The van der Waals surface area contributed by atoms with Gasteiger partial charge in [-0.1, -0.05) is 18.2 Å².